The third kappa shape index (κ3) is 4.48. The molecule has 0 saturated heterocycles. The third-order valence-electron chi connectivity index (χ3n) is 5.26. The van der Waals surface area contributed by atoms with Gasteiger partial charge >= 0.3 is 5.97 Å². The molecule has 32 heavy (non-hydrogen) atoms. The second-order valence-electron chi connectivity index (χ2n) is 7.46. The number of carbonyl (C=O) groups is 2. The summed E-state index contributed by atoms with van der Waals surface area (Å²) in [6, 6.07) is 11.0. The minimum atomic E-state index is -0.697. The third-order valence-corrected chi connectivity index (χ3v) is 5.57. The van der Waals surface area contributed by atoms with Crippen LogP contribution in [0.25, 0.3) is 10.9 Å². The molecule has 1 N–H and O–H groups in total. The van der Waals surface area contributed by atoms with Gasteiger partial charge in [0.25, 0.3) is 11.5 Å². The Hall–Kier alpha value is -3.70. The lowest BCUT2D eigenvalue weighted by Crippen LogP contribution is -2.25. The summed E-state index contributed by atoms with van der Waals surface area (Å²) in [5.74, 6) is -0.524. The summed E-state index contributed by atoms with van der Waals surface area (Å²) in [7, 11) is 0. The van der Waals surface area contributed by atoms with Crippen molar-refractivity contribution < 1.29 is 14.3 Å². The van der Waals surface area contributed by atoms with Crippen molar-refractivity contribution in [2.24, 2.45) is 0 Å². The van der Waals surface area contributed by atoms with E-state index in [2.05, 4.69) is 10.3 Å². The normalized spacial score (nSPS) is 13.0. The molecule has 0 saturated carbocycles. The van der Waals surface area contributed by atoms with Crippen LogP contribution in [0.15, 0.2) is 41.2 Å². The monoisotopic (exact) mass is 450 g/mol. The fraction of sp³-hybridized carbons (Fsp3) is 0.261. The van der Waals surface area contributed by atoms with E-state index in [9.17, 15) is 14.4 Å². The Bertz CT molecular complexity index is 1330. The molecular formula is C23H19ClN4O4. The molecule has 9 heteroatoms. The molecule has 1 aliphatic heterocycles. The number of aromatic nitrogens is 2. The number of ether oxygens (including phenoxy) is 1. The fourth-order valence-corrected chi connectivity index (χ4v) is 3.86. The number of anilines is 1. The molecule has 8 nitrogen and oxygen atoms in total. The van der Waals surface area contributed by atoms with Crippen LogP contribution in [0.2, 0.25) is 5.02 Å². The minimum Gasteiger partial charge on any atom is -0.452 e. The van der Waals surface area contributed by atoms with E-state index in [0.29, 0.717) is 23.1 Å². The van der Waals surface area contributed by atoms with Gasteiger partial charge in [-0.15, -0.1) is 0 Å². The van der Waals surface area contributed by atoms with E-state index in [1.54, 1.807) is 10.6 Å². The summed E-state index contributed by atoms with van der Waals surface area (Å²) in [6.07, 6.45) is 3.69. The zero-order valence-electron chi connectivity index (χ0n) is 17.1. The topological polar surface area (TPSA) is 114 Å². The van der Waals surface area contributed by atoms with Gasteiger partial charge in [0.15, 0.2) is 6.61 Å². The second kappa shape index (κ2) is 9.20. The molecule has 162 valence electrons. The molecule has 3 aromatic rings. The summed E-state index contributed by atoms with van der Waals surface area (Å²) < 4.78 is 6.82. The Morgan fingerprint density at radius 2 is 2.03 bits per heavy atom. The van der Waals surface area contributed by atoms with E-state index in [0.717, 1.165) is 31.5 Å². The summed E-state index contributed by atoms with van der Waals surface area (Å²) in [5.41, 5.74) is 1.21. The van der Waals surface area contributed by atoms with Crippen molar-refractivity contribution in [1.82, 2.24) is 9.55 Å². The number of nitrogens with zero attached hydrogens (tertiary/aromatic N) is 3. The zero-order valence-corrected chi connectivity index (χ0v) is 17.8. The highest BCUT2D eigenvalue weighted by Gasteiger charge is 2.16. The van der Waals surface area contributed by atoms with Crippen LogP contribution in [0.4, 0.5) is 5.69 Å². The standard InChI is InChI=1S/C23H19ClN4O4/c24-18-11-16(7-5-15(18)12-25)26-21(29)13-32-23(31)14-6-8-17-19(10-14)27-20-4-2-1-3-9-28(20)22(17)30/h5-8,10-11H,1-4,9,13H2,(H,26,29). The van der Waals surface area contributed by atoms with E-state index < -0.39 is 18.5 Å². The van der Waals surface area contributed by atoms with Crippen LogP contribution in [-0.4, -0.2) is 28.0 Å². The van der Waals surface area contributed by atoms with Crippen molar-refractivity contribution in [2.75, 3.05) is 11.9 Å². The summed E-state index contributed by atoms with van der Waals surface area (Å²) in [5, 5.41) is 12.1. The predicted molar refractivity (Wildman–Crippen MR) is 119 cm³/mol. The van der Waals surface area contributed by atoms with Gasteiger partial charge in [0, 0.05) is 18.7 Å². The molecule has 1 aliphatic rings. The van der Waals surface area contributed by atoms with Crippen molar-refractivity contribution in [3.05, 3.63) is 68.7 Å². The average Bonchev–Trinajstić information content (AvgIpc) is 3.03. The van der Waals surface area contributed by atoms with Gasteiger partial charge in [0.05, 0.1) is 27.1 Å². The number of benzene rings is 2. The largest absolute Gasteiger partial charge is 0.452 e. The number of aryl methyl sites for hydroxylation is 1. The van der Waals surface area contributed by atoms with E-state index in [1.807, 2.05) is 6.07 Å². The maximum Gasteiger partial charge on any atom is 0.338 e. The first-order valence-electron chi connectivity index (χ1n) is 10.2. The van der Waals surface area contributed by atoms with Crippen molar-refractivity contribution in [2.45, 2.75) is 32.2 Å². The van der Waals surface area contributed by atoms with Crippen LogP contribution in [0.5, 0.6) is 0 Å². The van der Waals surface area contributed by atoms with Crippen LogP contribution in [0, 0.1) is 11.3 Å². The van der Waals surface area contributed by atoms with E-state index in [-0.39, 0.29) is 21.7 Å². The molecule has 2 aromatic carbocycles. The first-order chi connectivity index (χ1) is 15.5. The smallest absolute Gasteiger partial charge is 0.338 e. The molecule has 0 fully saturated rings. The molecule has 0 unspecified atom stereocenters. The Morgan fingerprint density at radius 1 is 1.19 bits per heavy atom. The van der Waals surface area contributed by atoms with Crippen molar-refractivity contribution in [1.29, 1.82) is 5.26 Å². The SMILES string of the molecule is N#Cc1ccc(NC(=O)COC(=O)c2ccc3c(=O)n4c(nc3c2)CCCCC4)cc1Cl. The Balaban J connectivity index is 1.45. The van der Waals surface area contributed by atoms with E-state index in [1.165, 1.54) is 30.3 Å². The number of rotatable bonds is 4. The molecule has 2 heterocycles. The number of nitrogens with one attached hydrogen (secondary N) is 1. The van der Waals surface area contributed by atoms with Gasteiger partial charge in [-0.2, -0.15) is 5.26 Å². The van der Waals surface area contributed by atoms with Crippen LogP contribution in [0.3, 0.4) is 0 Å². The number of fused-ring (bicyclic) bond motifs is 2. The summed E-state index contributed by atoms with van der Waals surface area (Å²) >= 11 is 5.94. The highest BCUT2D eigenvalue weighted by molar-refractivity contribution is 6.32. The zero-order chi connectivity index (χ0) is 22.7. The Labute approximate surface area is 188 Å². The van der Waals surface area contributed by atoms with Gasteiger partial charge in [-0.05, 0) is 49.2 Å². The van der Waals surface area contributed by atoms with Crippen LogP contribution in [0.1, 0.15) is 41.0 Å². The molecule has 1 amide bonds. The van der Waals surface area contributed by atoms with Crippen molar-refractivity contribution in [3.8, 4) is 6.07 Å². The van der Waals surface area contributed by atoms with Crippen LogP contribution >= 0.6 is 11.6 Å². The van der Waals surface area contributed by atoms with Gasteiger partial charge in [-0.1, -0.05) is 18.0 Å². The Morgan fingerprint density at radius 3 is 2.81 bits per heavy atom. The van der Waals surface area contributed by atoms with Gasteiger partial charge in [0.2, 0.25) is 0 Å². The fourth-order valence-electron chi connectivity index (χ4n) is 3.64. The summed E-state index contributed by atoms with van der Waals surface area (Å²) in [6.45, 7) is 0.148. The first-order valence-corrected chi connectivity index (χ1v) is 10.5. The molecule has 0 bridgehead atoms. The molecule has 0 radical (unpaired) electrons. The van der Waals surface area contributed by atoms with Crippen molar-refractivity contribution >= 4 is 40.1 Å². The van der Waals surface area contributed by atoms with Gasteiger partial charge in [0.1, 0.15) is 11.9 Å². The maximum absolute atomic E-state index is 12.8. The lowest BCUT2D eigenvalue weighted by atomic mass is 10.1. The highest BCUT2D eigenvalue weighted by atomic mass is 35.5. The quantitative estimate of drug-likeness (QED) is 0.609. The number of carbonyl (C=O) groups excluding carboxylic acids is 2. The average molecular weight is 451 g/mol. The molecule has 1 aromatic heterocycles. The van der Waals surface area contributed by atoms with Gasteiger partial charge in [-0.3, -0.25) is 14.2 Å². The van der Waals surface area contributed by atoms with E-state index in [4.69, 9.17) is 21.6 Å². The number of amides is 1. The predicted octanol–water partition coefficient (Wildman–Crippen LogP) is 3.44. The second-order valence-corrected chi connectivity index (χ2v) is 7.87. The molecule has 4 rings (SSSR count). The number of hydrogen-bond acceptors (Lipinski definition) is 6. The number of esters is 1. The highest BCUT2D eigenvalue weighted by Crippen LogP contribution is 2.20. The summed E-state index contributed by atoms with van der Waals surface area (Å²) in [4.78, 5) is 41.9. The number of halogens is 1. The number of hydrogen-bond donors (Lipinski definition) is 1. The first kappa shape index (κ1) is 21.5. The van der Waals surface area contributed by atoms with Crippen LogP contribution in [-0.2, 0) is 22.5 Å². The van der Waals surface area contributed by atoms with E-state index >= 15 is 0 Å². The lowest BCUT2D eigenvalue weighted by Gasteiger charge is -2.11. The lowest BCUT2D eigenvalue weighted by molar-refractivity contribution is -0.119. The molecule has 0 spiro atoms. The van der Waals surface area contributed by atoms with Crippen LogP contribution < -0.4 is 10.9 Å². The van der Waals surface area contributed by atoms with Gasteiger partial charge < -0.3 is 10.1 Å². The Kier molecular flexibility index (Phi) is 6.19. The maximum atomic E-state index is 12.8. The van der Waals surface area contributed by atoms with Gasteiger partial charge in [-0.25, -0.2) is 9.78 Å². The number of nitriles is 1. The minimum absolute atomic E-state index is 0.104. The molecule has 0 atom stereocenters. The van der Waals surface area contributed by atoms with Crippen molar-refractivity contribution in [3.63, 3.8) is 0 Å². The molecule has 0 aliphatic carbocycles. The molecular weight excluding hydrogens is 432 g/mol.